The van der Waals surface area contributed by atoms with E-state index in [-0.39, 0.29) is 12.0 Å². The molecule has 0 amide bonds. The second-order valence-electron chi connectivity index (χ2n) is 5.83. The number of rotatable bonds is 7. The Bertz CT molecular complexity index is 213. The Hall–Kier alpha value is -0.220. The molecular weight excluding hydrogens is 222 g/mol. The highest BCUT2D eigenvalue weighted by Crippen LogP contribution is 2.38. The summed E-state index contributed by atoms with van der Waals surface area (Å²) >= 11 is 0. The first-order valence-corrected chi connectivity index (χ1v) is 6.64. The highest BCUT2D eigenvalue weighted by molar-refractivity contribution is 4.89. The first-order valence-electron chi connectivity index (χ1n) is 6.64. The van der Waals surface area contributed by atoms with Crippen LogP contribution in [0.4, 0.5) is 8.78 Å². The van der Waals surface area contributed by atoms with E-state index in [9.17, 15) is 8.78 Å². The molecule has 0 aromatic carbocycles. The van der Waals surface area contributed by atoms with Crippen molar-refractivity contribution in [2.75, 3.05) is 26.7 Å². The van der Waals surface area contributed by atoms with Gasteiger partial charge >= 0.3 is 0 Å². The van der Waals surface area contributed by atoms with E-state index in [1.165, 1.54) is 25.7 Å². The van der Waals surface area contributed by atoms with E-state index in [0.717, 1.165) is 13.1 Å². The van der Waals surface area contributed by atoms with Gasteiger partial charge in [-0.2, -0.15) is 0 Å². The van der Waals surface area contributed by atoms with Crippen molar-refractivity contribution in [3.63, 3.8) is 0 Å². The van der Waals surface area contributed by atoms with Gasteiger partial charge in [-0.15, -0.1) is 0 Å². The van der Waals surface area contributed by atoms with Gasteiger partial charge < -0.3 is 10.2 Å². The van der Waals surface area contributed by atoms with Crippen molar-refractivity contribution < 1.29 is 8.78 Å². The van der Waals surface area contributed by atoms with Gasteiger partial charge in [0.1, 0.15) is 0 Å². The minimum Gasteiger partial charge on any atom is -0.314 e. The fraction of sp³-hybridized carbons (Fsp3) is 1.00. The summed E-state index contributed by atoms with van der Waals surface area (Å²) in [5, 5.41) is 3.47. The summed E-state index contributed by atoms with van der Waals surface area (Å²) < 4.78 is 24.7. The SMILES string of the molecule is CC(C)NCC1(CN(C)CC(F)F)CCCC1. The maximum atomic E-state index is 12.3. The molecule has 2 nitrogen and oxygen atoms in total. The summed E-state index contributed by atoms with van der Waals surface area (Å²) in [7, 11) is 1.81. The second kappa shape index (κ2) is 6.64. The van der Waals surface area contributed by atoms with E-state index in [2.05, 4.69) is 19.2 Å². The average molecular weight is 248 g/mol. The van der Waals surface area contributed by atoms with Crippen LogP contribution in [0.25, 0.3) is 0 Å². The van der Waals surface area contributed by atoms with E-state index < -0.39 is 6.43 Å². The number of hydrogen-bond donors (Lipinski definition) is 1. The van der Waals surface area contributed by atoms with E-state index in [1.807, 2.05) is 7.05 Å². The molecule has 1 aliphatic rings. The smallest absolute Gasteiger partial charge is 0.251 e. The third kappa shape index (κ3) is 5.30. The third-order valence-corrected chi connectivity index (χ3v) is 3.60. The lowest BCUT2D eigenvalue weighted by molar-refractivity contribution is 0.0749. The van der Waals surface area contributed by atoms with Crippen molar-refractivity contribution >= 4 is 0 Å². The van der Waals surface area contributed by atoms with Crippen molar-refractivity contribution in [3.05, 3.63) is 0 Å². The van der Waals surface area contributed by atoms with E-state index in [4.69, 9.17) is 0 Å². The molecule has 1 fully saturated rings. The topological polar surface area (TPSA) is 15.3 Å². The molecule has 0 spiro atoms. The van der Waals surface area contributed by atoms with Crippen LogP contribution >= 0.6 is 0 Å². The van der Waals surface area contributed by atoms with Gasteiger partial charge in [-0.3, -0.25) is 0 Å². The Morgan fingerprint density at radius 1 is 1.24 bits per heavy atom. The fourth-order valence-corrected chi connectivity index (χ4v) is 2.81. The number of nitrogens with one attached hydrogen (secondary N) is 1. The van der Waals surface area contributed by atoms with Crippen LogP contribution in [0, 0.1) is 5.41 Å². The zero-order chi connectivity index (χ0) is 12.9. The van der Waals surface area contributed by atoms with Gasteiger partial charge in [0.15, 0.2) is 0 Å². The van der Waals surface area contributed by atoms with Crippen molar-refractivity contribution in [2.45, 2.75) is 52.0 Å². The van der Waals surface area contributed by atoms with Crippen molar-refractivity contribution in [1.82, 2.24) is 10.2 Å². The highest BCUT2D eigenvalue weighted by Gasteiger charge is 2.35. The molecule has 0 saturated heterocycles. The van der Waals surface area contributed by atoms with Crippen molar-refractivity contribution in [1.29, 1.82) is 0 Å². The number of alkyl halides is 2. The summed E-state index contributed by atoms with van der Waals surface area (Å²) in [4.78, 5) is 1.79. The number of halogens is 2. The molecule has 1 rings (SSSR count). The minimum absolute atomic E-state index is 0.108. The van der Waals surface area contributed by atoms with Gasteiger partial charge in [-0.25, -0.2) is 8.78 Å². The van der Waals surface area contributed by atoms with Gasteiger partial charge in [0.25, 0.3) is 6.43 Å². The monoisotopic (exact) mass is 248 g/mol. The van der Waals surface area contributed by atoms with Crippen LogP contribution in [-0.2, 0) is 0 Å². The molecule has 0 unspecified atom stereocenters. The van der Waals surface area contributed by atoms with E-state index in [1.54, 1.807) is 4.90 Å². The first-order chi connectivity index (χ1) is 7.93. The first kappa shape index (κ1) is 14.8. The van der Waals surface area contributed by atoms with E-state index >= 15 is 0 Å². The Kier molecular flexibility index (Phi) is 5.80. The predicted octanol–water partition coefficient (Wildman–Crippen LogP) is 2.74. The van der Waals surface area contributed by atoms with Crippen LogP contribution in [0.15, 0.2) is 0 Å². The highest BCUT2D eigenvalue weighted by atomic mass is 19.3. The molecule has 102 valence electrons. The molecule has 1 N–H and O–H groups in total. The predicted molar refractivity (Wildman–Crippen MR) is 67.5 cm³/mol. The lowest BCUT2D eigenvalue weighted by atomic mass is 9.85. The minimum atomic E-state index is -2.23. The Morgan fingerprint density at radius 2 is 1.82 bits per heavy atom. The molecule has 0 radical (unpaired) electrons. The van der Waals surface area contributed by atoms with Crippen molar-refractivity contribution in [3.8, 4) is 0 Å². The summed E-state index contributed by atoms with van der Waals surface area (Å²) in [5.41, 5.74) is 0.216. The zero-order valence-corrected chi connectivity index (χ0v) is 11.3. The van der Waals surface area contributed by atoms with Crippen LogP contribution in [0.3, 0.4) is 0 Å². The molecule has 0 aromatic heterocycles. The summed E-state index contributed by atoms with van der Waals surface area (Å²) in [6.45, 7) is 5.90. The molecule has 0 atom stereocenters. The molecule has 0 bridgehead atoms. The average Bonchev–Trinajstić information content (AvgIpc) is 2.62. The summed E-state index contributed by atoms with van der Waals surface area (Å²) in [6.07, 6.45) is 2.59. The van der Waals surface area contributed by atoms with Crippen LogP contribution in [0.2, 0.25) is 0 Å². The van der Waals surface area contributed by atoms with Crippen LogP contribution in [-0.4, -0.2) is 44.0 Å². The second-order valence-corrected chi connectivity index (χ2v) is 5.83. The van der Waals surface area contributed by atoms with Crippen molar-refractivity contribution in [2.24, 2.45) is 5.41 Å². The molecular formula is C13H26F2N2. The maximum Gasteiger partial charge on any atom is 0.251 e. The quantitative estimate of drug-likeness (QED) is 0.745. The lowest BCUT2D eigenvalue weighted by Gasteiger charge is -2.34. The van der Waals surface area contributed by atoms with Gasteiger partial charge in [-0.1, -0.05) is 26.7 Å². The molecule has 0 heterocycles. The van der Waals surface area contributed by atoms with Gasteiger partial charge in [0, 0.05) is 19.1 Å². The molecule has 1 saturated carbocycles. The molecule has 4 heteroatoms. The van der Waals surface area contributed by atoms with E-state index in [0.29, 0.717) is 6.04 Å². The molecule has 0 aromatic rings. The largest absolute Gasteiger partial charge is 0.314 e. The Balaban J connectivity index is 2.46. The Morgan fingerprint density at radius 3 is 2.29 bits per heavy atom. The van der Waals surface area contributed by atoms with Crippen LogP contribution < -0.4 is 5.32 Å². The van der Waals surface area contributed by atoms with Crippen LogP contribution in [0.1, 0.15) is 39.5 Å². The van der Waals surface area contributed by atoms with Crippen LogP contribution in [0.5, 0.6) is 0 Å². The maximum absolute atomic E-state index is 12.3. The lowest BCUT2D eigenvalue weighted by Crippen LogP contribution is -2.44. The zero-order valence-electron chi connectivity index (χ0n) is 11.3. The standard InChI is InChI=1S/C13H26F2N2/c1-11(2)16-9-13(6-4-5-7-13)10-17(3)8-12(14)15/h11-12,16H,4-10H2,1-3H3. The Labute approximate surface area is 104 Å². The van der Waals surface area contributed by atoms with Gasteiger partial charge in [0.2, 0.25) is 0 Å². The molecule has 1 aliphatic carbocycles. The van der Waals surface area contributed by atoms with Gasteiger partial charge in [0.05, 0.1) is 6.54 Å². The normalized spacial score (nSPS) is 19.8. The fourth-order valence-electron chi connectivity index (χ4n) is 2.81. The third-order valence-electron chi connectivity index (χ3n) is 3.60. The molecule has 0 aliphatic heterocycles. The number of hydrogen-bond acceptors (Lipinski definition) is 2. The summed E-state index contributed by atoms with van der Waals surface area (Å²) in [6, 6.07) is 0.466. The number of nitrogens with zero attached hydrogens (tertiary/aromatic N) is 1. The summed E-state index contributed by atoms with van der Waals surface area (Å²) in [5.74, 6) is 0. The molecule has 17 heavy (non-hydrogen) atoms. The van der Waals surface area contributed by atoms with Gasteiger partial charge in [-0.05, 0) is 25.3 Å².